The van der Waals surface area contributed by atoms with E-state index in [1.165, 1.54) is 6.07 Å². The predicted molar refractivity (Wildman–Crippen MR) is 121 cm³/mol. The SMILES string of the molecule is Cc1nc(C2CCCN(C(=O)C(C)(C)C)C2)nc2c1CC(=O)N2CCc1ccccc1F. The van der Waals surface area contributed by atoms with Crippen LogP contribution < -0.4 is 4.90 Å². The lowest BCUT2D eigenvalue weighted by molar-refractivity contribution is -0.140. The van der Waals surface area contributed by atoms with Gasteiger partial charge in [0.05, 0.1) is 6.42 Å². The number of likely N-dealkylation sites (tertiary alicyclic amines) is 1. The van der Waals surface area contributed by atoms with Gasteiger partial charge in [-0.05, 0) is 37.8 Å². The molecule has 1 aromatic heterocycles. The van der Waals surface area contributed by atoms with E-state index in [2.05, 4.69) is 0 Å². The highest BCUT2D eigenvalue weighted by Gasteiger charge is 2.35. The number of carbonyl (C=O) groups is 2. The molecule has 0 bridgehead atoms. The summed E-state index contributed by atoms with van der Waals surface area (Å²) in [6, 6.07) is 6.65. The Morgan fingerprint density at radius 1 is 1.22 bits per heavy atom. The summed E-state index contributed by atoms with van der Waals surface area (Å²) in [5.74, 6) is 1.24. The van der Waals surface area contributed by atoms with E-state index in [4.69, 9.17) is 9.97 Å². The largest absolute Gasteiger partial charge is 0.342 e. The van der Waals surface area contributed by atoms with E-state index in [1.807, 2.05) is 32.6 Å². The quantitative estimate of drug-likeness (QED) is 0.728. The Balaban J connectivity index is 1.57. The van der Waals surface area contributed by atoms with Gasteiger partial charge in [0, 0.05) is 42.2 Å². The number of piperidine rings is 1. The number of amides is 2. The number of anilines is 1. The molecule has 1 saturated heterocycles. The fraction of sp³-hybridized carbons (Fsp3) is 0.520. The highest BCUT2D eigenvalue weighted by Crippen LogP contribution is 2.33. The third-order valence-electron chi connectivity index (χ3n) is 6.37. The zero-order valence-electron chi connectivity index (χ0n) is 19.3. The van der Waals surface area contributed by atoms with Gasteiger partial charge in [-0.15, -0.1) is 0 Å². The fourth-order valence-electron chi connectivity index (χ4n) is 4.59. The van der Waals surface area contributed by atoms with Crippen molar-refractivity contribution in [1.29, 1.82) is 0 Å². The van der Waals surface area contributed by atoms with Gasteiger partial charge in [-0.2, -0.15) is 0 Å². The van der Waals surface area contributed by atoms with Crippen LogP contribution in [-0.2, 0) is 22.4 Å². The molecule has 0 N–H and O–H groups in total. The molecule has 0 saturated carbocycles. The van der Waals surface area contributed by atoms with E-state index in [-0.39, 0.29) is 30.0 Å². The first kappa shape index (κ1) is 22.4. The van der Waals surface area contributed by atoms with Crippen molar-refractivity contribution < 1.29 is 14.0 Å². The number of nitrogens with zero attached hydrogens (tertiary/aromatic N) is 4. The monoisotopic (exact) mass is 438 g/mol. The smallest absolute Gasteiger partial charge is 0.232 e. The molecular weight excluding hydrogens is 407 g/mol. The second-order valence-electron chi connectivity index (χ2n) is 9.87. The third kappa shape index (κ3) is 4.38. The minimum atomic E-state index is -0.424. The van der Waals surface area contributed by atoms with Gasteiger partial charge in [0.2, 0.25) is 11.8 Å². The van der Waals surface area contributed by atoms with Crippen LogP contribution in [0, 0.1) is 18.2 Å². The second kappa shape index (κ2) is 8.60. The molecule has 2 aliphatic heterocycles. The first-order chi connectivity index (χ1) is 15.1. The molecule has 170 valence electrons. The summed E-state index contributed by atoms with van der Waals surface area (Å²) in [6.07, 6.45) is 2.52. The molecule has 1 fully saturated rings. The van der Waals surface area contributed by atoms with Crippen LogP contribution in [0.25, 0.3) is 0 Å². The summed E-state index contributed by atoms with van der Waals surface area (Å²) >= 11 is 0. The van der Waals surface area contributed by atoms with E-state index in [0.29, 0.717) is 36.7 Å². The molecule has 1 unspecified atom stereocenters. The number of benzene rings is 1. The molecule has 2 aliphatic rings. The Kier molecular flexibility index (Phi) is 6.01. The van der Waals surface area contributed by atoms with Crippen LogP contribution in [0.4, 0.5) is 10.2 Å². The van der Waals surface area contributed by atoms with Gasteiger partial charge in [0.1, 0.15) is 17.5 Å². The Labute approximate surface area is 188 Å². The van der Waals surface area contributed by atoms with Crippen LogP contribution in [0.3, 0.4) is 0 Å². The normalized spacial score (nSPS) is 18.8. The number of carbonyl (C=O) groups excluding carboxylic acids is 2. The van der Waals surface area contributed by atoms with Crippen molar-refractivity contribution in [1.82, 2.24) is 14.9 Å². The third-order valence-corrected chi connectivity index (χ3v) is 6.37. The first-order valence-corrected chi connectivity index (χ1v) is 11.4. The van der Waals surface area contributed by atoms with Gasteiger partial charge >= 0.3 is 0 Å². The van der Waals surface area contributed by atoms with Crippen molar-refractivity contribution in [3.05, 3.63) is 52.7 Å². The highest BCUT2D eigenvalue weighted by atomic mass is 19.1. The molecule has 0 radical (unpaired) electrons. The molecule has 2 aromatic rings. The van der Waals surface area contributed by atoms with Gasteiger partial charge in [-0.25, -0.2) is 14.4 Å². The van der Waals surface area contributed by atoms with Crippen LogP contribution >= 0.6 is 0 Å². The van der Waals surface area contributed by atoms with Crippen LogP contribution in [0.15, 0.2) is 24.3 Å². The lowest BCUT2D eigenvalue weighted by atomic mass is 9.91. The molecule has 6 nitrogen and oxygen atoms in total. The number of aryl methyl sites for hydroxylation is 1. The molecule has 7 heteroatoms. The minimum absolute atomic E-state index is 0.0286. The average Bonchev–Trinajstić information content (AvgIpc) is 3.08. The van der Waals surface area contributed by atoms with E-state index < -0.39 is 5.41 Å². The molecule has 2 amide bonds. The molecule has 3 heterocycles. The summed E-state index contributed by atoms with van der Waals surface area (Å²) < 4.78 is 14.1. The Morgan fingerprint density at radius 3 is 2.69 bits per heavy atom. The molecule has 0 aliphatic carbocycles. The van der Waals surface area contributed by atoms with Crippen molar-refractivity contribution in [3.8, 4) is 0 Å². The van der Waals surface area contributed by atoms with Crippen molar-refractivity contribution in [2.24, 2.45) is 5.41 Å². The molecule has 4 rings (SSSR count). The Bertz CT molecular complexity index is 1050. The zero-order chi connectivity index (χ0) is 23.0. The standard InChI is InChI=1S/C25H31FN4O2/c1-16-19-14-21(31)30(13-11-17-8-5-6-10-20(17)26)23(19)28-22(27-16)18-9-7-12-29(15-18)24(32)25(2,3)4/h5-6,8,10,18H,7,9,11-15H2,1-4H3. The van der Waals surface area contributed by atoms with Crippen molar-refractivity contribution in [2.75, 3.05) is 24.5 Å². The lowest BCUT2D eigenvalue weighted by Gasteiger charge is -2.36. The topological polar surface area (TPSA) is 66.4 Å². The van der Waals surface area contributed by atoms with Gasteiger partial charge in [0.25, 0.3) is 0 Å². The van der Waals surface area contributed by atoms with Crippen molar-refractivity contribution in [3.63, 3.8) is 0 Å². The maximum absolute atomic E-state index is 14.1. The average molecular weight is 439 g/mol. The van der Waals surface area contributed by atoms with Crippen molar-refractivity contribution >= 4 is 17.6 Å². The summed E-state index contributed by atoms with van der Waals surface area (Å²) in [6.45, 7) is 9.46. The number of halogens is 1. The first-order valence-electron chi connectivity index (χ1n) is 11.4. The number of hydrogen-bond acceptors (Lipinski definition) is 4. The number of rotatable bonds is 4. The van der Waals surface area contributed by atoms with Gasteiger partial charge in [-0.3, -0.25) is 14.5 Å². The number of fused-ring (bicyclic) bond motifs is 1. The lowest BCUT2D eigenvalue weighted by Crippen LogP contribution is -2.45. The van der Waals surface area contributed by atoms with Gasteiger partial charge in [-0.1, -0.05) is 39.0 Å². The number of aromatic nitrogens is 2. The van der Waals surface area contributed by atoms with Crippen LogP contribution in [0.2, 0.25) is 0 Å². The summed E-state index contributed by atoms with van der Waals surface area (Å²) in [4.78, 5) is 38.7. The van der Waals surface area contributed by atoms with Crippen molar-refractivity contribution in [2.45, 2.75) is 59.3 Å². The highest BCUT2D eigenvalue weighted by molar-refractivity contribution is 6.00. The number of hydrogen-bond donors (Lipinski definition) is 0. The molecule has 32 heavy (non-hydrogen) atoms. The molecule has 1 aromatic carbocycles. The van der Waals surface area contributed by atoms with Crippen LogP contribution in [0.5, 0.6) is 0 Å². The fourth-order valence-corrected chi connectivity index (χ4v) is 4.59. The van der Waals surface area contributed by atoms with Crippen LogP contribution in [0.1, 0.15) is 62.2 Å². The minimum Gasteiger partial charge on any atom is -0.342 e. The maximum atomic E-state index is 14.1. The van der Waals surface area contributed by atoms with E-state index in [0.717, 1.165) is 30.6 Å². The predicted octanol–water partition coefficient (Wildman–Crippen LogP) is 3.81. The molecule has 1 atom stereocenters. The van der Waals surface area contributed by atoms with E-state index in [1.54, 1.807) is 23.1 Å². The van der Waals surface area contributed by atoms with E-state index >= 15 is 0 Å². The van der Waals surface area contributed by atoms with Gasteiger partial charge in [0.15, 0.2) is 0 Å². The summed E-state index contributed by atoms with van der Waals surface area (Å²) in [7, 11) is 0. The van der Waals surface area contributed by atoms with Gasteiger partial charge < -0.3 is 4.90 Å². The second-order valence-corrected chi connectivity index (χ2v) is 9.87. The maximum Gasteiger partial charge on any atom is 0.232 e. The Hall–Kier alpha value is -2.83. The van der Waals surface area contributed by atoms with E-state index in [9.17, 15) is 14.0 Å². The van der Waals surface area contributed by atoms with Crippen LogP contribution in [-0.4, -0.2) is 46.3 Å². The zero-order valence-corrected chi connectivity index (χ0v) is 19.3. The molecular formula is C25H31FN4O2. The summed E-state index contributed by atoms with van der Waals surface area (Å²) in [5, 5.41) is 0. The summed E-state index contributed by atoms with van der Waals surface area (Å²) in [5.41, 5.74) is 1.83. The Morgan fingerprint density at radius 2 is 1.97 bits per heavy atom. The molecule has 0 spiro atoms.